The number of esters is 1. The van der Waals surface area contributed by atoms with Gasteiger partial charge in [0.2, 0.25) is 3.57 Å². The summed E-state index contributed by atoms with van der Waals surface area (Å²) in [6.45, 7) is 1.35. The highest BCUT2D eigenvalue weighted by molar-refractivity contribution is 5.87. The van der Waals surface area contributed by atoms with Gasteiger partial charge in [0.15, 0.2) is 3.57 Å². The van der Waals surface area contributed by atoms with Crippen molar-refractivity contribution >= 4 is 11.9 Å². The van der Waals surface area contributed by atoms with Gasteiger partial charge in [0.25, 0.3) is 0 Å². The maximum atomic E-state index is 11.1. The van der Waals surface area contributed by atoms with Crippen LogP contribution in [-0.4, -0.2) is 17.0 Å². The molecule has 0 aliphatic rings. The molecule has 0 amide bonds. The number of ether oxygens (including phenoxy) is 1. The molecule has 0 aliphatic carbocycles. The molecule has 0 spiro atoms. The average molecular weight is 383 g/mol. The Morgan fingerprint density at radius 3 is 2.30 bits per heavy atom. The lowest BCUT2D eigenvalue weighted by Gasteiger charge is -1.99. The highest BCUT2D eigenvalue weighted by Crippen LogP contribution is 2.08. The van der Waals surface area contributed by atoms with E-state index in [1.165, 1.54) is 6.92 Å². The lowest BCUT2D eigenvalue weighted by molar-refractivity contribution is -0.597. The Bertz CT molecular complexity index is 635. The van der Waals surface area contributed by atoms with Crippen molar-refractivity contribution in [2.45, 2.75) is 6.92 Å². The molecule has 0 aromatic heterocycles. The van der Waals surface area contributed by atoms with Crippen LogP contribution < -0.4 is 25.9 Å². The quantitative estimate of drug-likeness (QED) is 0.437. The minimum atomic E-state index is -0.906. The molecule has 0 bridgehead atoms. The summed E-state index contributed by atoms with van der Waals surface area (Å²) in [5.74, 6) is -0.766. The van der Waals surface area contributed by atoms with E-state index in [2.05, 4.69) is 0 Å². The van der Waals surface area contributed by atoms with E-state index < -0.39 is 27.2 Å². The maximum absolute atomic E-state index is 11.1. The van der Waals surface area contributed by atoms with Crippen LogP contribution in [0.3, 0.4) is 0 Å². The van der Waals surface area contributed by atoms with Crippen molar-refractivity contribution in [1.82, 2.24) is 0 Å². The first kappa shape index (κ1) is 14.5. The minimum absolute atomic E-state index is 0.351. The fraction of sp³-hybridized carbons (Fsp3) is 0.0667. The topological polar surface area (TPSA) is 63.6 Å². The zero-order valence-electron chi connectivity index (χ0n) is 10.7. The van der Waals surface area contributed by atoms with Crippen LogP contribution in [0.5, 0.6) is 5.75 Å². The fourth-order valence-electron chi connectivity index (χ4n) is 1.57. The summed E-state index contributed by atoms with van der Waals surface area (Å²) in [4.78, 5) is 22.0. The molecule has 20 heavy (non-hydrogen) atoms. The number of rotatable bonds is 4. The average Bonchev–Trinajstić information content (AvgIpc) is 2.41. The van der Waals surface area contributed by atoms with Crippen molar-refractivity contribution in [2.24, 2.45) is 0 Å². The molecule has 2 aromatic carbocycles. The molecule has 102 valence electrons. The van der Waals surface area contributed by atoms with E-state index in [4.69, 9.17) is 9.84 Å². The van der Waals surface area contributed by atoms with E-state index in [0.717, 1.165) is 7.14 Å². The van der Waals surface area contributed by atoms with Gasteiger partial charge in [-0.25, -0.2) is 4.79 Å². The summed E-state index contributed by atoms with van der Waals surface area (Å²) >= 11 is -0.582. The van der Waals surface area contributed by atoms with Crippen molar-refractivity contribution < 1.29 is 40.6 Å². The second-order valence-corrected chi connectivity index (χ2v) is 6.87. The third kappa shape index (κ3) is 3.80. The standard InChI is InChI=1S/C15H11IO4/c1-10(17)20-12-8-6-11(7-9-12)16-14-5-3-2-4-13(14)15(18)19/h2-9H,1H3/p+1. The predicted octanol–water partition coefficient (Wildman–Crippen LogP) is -0.561. The number of benzene rings is 2. The zero-order chi connectivity index (χ0) is 14.5. The largest absolute Gasteiger partial charge is 0.478 e. The predicted molar refractivity (Wildman–Crippen MR) is 68.5 cm³/mol. The van der Waals surface area contributed by atoms with Crippen LogP contribution in [0.25, 0.3) is 0 Å². The fourth-order valence-corrected chi connectivity index (χ4v) is 4.04. The molecule has 1 N–H and O–H groups in total. The normalized spacial score (nSPS) is 10.1. The summed E-state index contributed by atoms with van der Waals surface area (Å²) in [6, 6.07) is 14.2. The second kappa shape index (κ2) is 6.51. The molecule has 0 unspecified atom stereocenters. The Kier molecular flexibility index (Phi) is 4.73. The molecule has 0 heterocycles. The third-order valence-electron chi connectivity index (χ3n) is 2.39. The molecule has 5 heteroatoms. The van der Waals surface area contributed by atoms with Crippen LogP contribution >= 0.6 is 0 Å². The van der Waals surface area contributed by atoms with Gasteiger partial charge in [-0.1, -0.05) is 12.1 Å². The van der Waals surface area contributed by atoms with Gasteiger partial charge in [0.1, 0.15) is 11.3 Å². The monoisotopic (exact) mass is 383 g/mol. The van der Waals surface area contributed by atoms with Gasteiger partial charge in [0.05, 0.1) is 0 Å². The molecule has 0 saturated carbocycles. The Labute approximate surface area is 126 Å². The van der Waals surface area contributed by atoms with Crippen molar-refractivity contribution in [1.29, 1.82) is 0 Å². The Morgan fingerprint density at radius 2 is 1.70 bits per heavy atom. The lowest BCUT2D eigenvalue weighted by atomic mass is 10.2. The van der Waals surface area contributed by atoms with Crippen LogP contribution in [0.1, 0.15) is 17.3 Å². The first-order valence-electron chi connectivity index (χ1n) is 5.82. The van der Waals surface area contributed by atoms with Crippen molar-refractivity contribution in [2.75, 3.05) is 0 Å². The molecule has 0 radical (unpaired) electrons. The minimum Gasteiger partial charge on any atom is -0.478 e. The highest BCUT2D eigenvalue weighted by Gasteiger charge is 2.23. The number of halogens is 1. The van der Waals surface area contributed by atoms with E-state index in [0.29, 0.717) is 11.3 Å². The number of carbonyl (C=O) groups excluding carboxylic acids is 1. The van der Waals surface area contributed by atoms with Gasteiger partial charge in [-0.2, -0.15) is 0 Å². The second-order valence-electron chi connectivity index (χ2n) is 3.93. The molecule has 4 nitrogen and oxygen atoms in total. The van der Waals surface area contributed by atoms with Crippen molar-refractivity contribution in [3.05, 3.63) is 61.2 Å². The molecular formula is C15H12IO4+. The number of hydrogen-bond donors (Lipinski definition) is 1. The Balaban J connectivity index is 2.18. The van der Waals surface area contributed by atoms with Gasteiger partial charge < -0.3 is 9.84 Å². The SMILES string of the molecule is CC(=O)Oc1ccc([I+]c2ccccc2C(=O)O)cc1. The van der Waals surface area contributed by atoms with Gasteiger partial charge in [-0.3, -0.25) is 4.79 Å². The molecule has 2 aromatic rings. The summed E-state index contributed by atoms with van der Waals surface area (Å²) in [5, 5.41) is 9.15. The first-order chi connectivity index (χ1) is 9.56. The summed E-state index contributed by atoms with van der Waals surface area (Å²) in [7, 11) is 0. The number of aromatic carboxylic acids is 1. The number of carboxylic acids is 1. The molecule has 2 rings (SSSR count). The number of hydrogen-bond acceptors (Lipinski definition) is 3. The van der Waals surface area contributed by atoms with E-state index in [9.17, 15) is 9.59 Å². The maximum Gasteiger partial charge on any atom is 0.358 e. The Hall–Kier alpha value is -1.89. The van der Waals surface area contributed by atoms with Crippen LogP contribution in [0.2, 0.25) is 0 Å². The summed E-state index contributed by atoms with van der Waals surface area (Å²) in [6.07, 6.45) is 0. The first-order valence-corrected chi connectivity index (χ1v) is 7.97. The van der Waals surface area contributed by atoms with Crippen LogP contribution in [-0.2, 0) is 4.79 Å². The molecule has 0 saturated heterocycles. The van der Waals surface area contributed by atoms with Crippen LogP contribution in [0.15, 0.2) is 48.5 Å². The molecule has 0 aliphatic heterocycles. The lowest BCUT2D eigenvalue weighted by Crippen LogP contribution is -3.61. The van der Waals surface area contributed by atoms with E-state index in [1.807, 2.05) is 24.3 Å². The van der Waals surface area contributed by atoms with Crippen LogP contribution in [0, 0.1) is 7.14 Å². The zero-order valence-corrected chi connectivity index (χ0v) is 12.8. The smallest absolute Gasteiger partial charge is 0.358 e. The third-order valence-corrected chi connectivity index (χ3v) is 5.25. The number of carbonyl (C=O) groups is 2. The van der Waals surface area contributed by atoms with Crippen LogP contribution in [0.4, 0.5) is 0 Å². The molecule has 0 atom stereocenters. The van der Waals surface area contributed by atoms with Crippen molar-refractivity contribution in [3.8, 4) is 5.75 Å². The van der Waals surface area contributed by atoms with Gasteiger partial charge >= 0.3 is 33.1 Å². The Morgan fingerprint density at radius 1 is 1.05 bits per heavy atom. The molecular weight excluding hydrogens is 371 g/mol. The van der Waals surface area contributed by atoms with Gasteiger partial charge in [-0.05, 0) is 36.4 Å². The number of carboxylic acid groups (broad SMARTS) is 1. The highest BCUT2D eigenvalue weighted by atomic mass is 127. The van der Waals surface area contributed by atoms with E-state index in [-0.39, 0.29) is 5.97 Å². The summed E-state index contributed by atoms with van der Waals surface area (Å²) < 4.78 is 6.88. The molecule has 0 fully saturated rings. The summed E-state index contributed by atoms with van der Waals surface area (Å²) in [5.41, 5.74) is 0.351. The van der Waals surface area contributed by atoms with Gasteiger partial charge in [-0.15, -0.1) is 0 Å². The van der Waals surface area contributed by atoms with Crippen molar-refractivity contribution in [3.63, 3.8) is 0 Å². The van der Waals surface area contributed by atoms with Gasteiger partial charge in [0, 0.05) is 6.92 Å². The van der Waals surface area contributed by atoms with E-state index in [1.54, 1.807) is 24.3 Å². The van der Waals surface area contributed by atoms with E-state index >= 15 is 0 Å².